The Morgan fingerprint density at radius 1 is 1.24 bits per heavy atom. The molecular weight excluding hydrogens is 278 g/mol. The summed E-state index contributed by atoms with van der Waals surface area (Å²) in [7, 11) is 0. The monoisotopic (exact) mass is 295 g/mol. The fourth-order valence-electron chi connectivity index (χ4n) is 1.76. The van der Waals surface area contributed by atoms with E-state index in [2.05, 4.69) is 4.74 Å². The Hall–Kier alpha value is -2.44. The van der Waals surface area contributed by atoms with Gasteiger partial charge in [-0.2, -0.15) is 0 Å². The van der Waals surface area contributed by atoms with E-state index in [-0.39, 0.29) is 31.1 Å². The number of esters is 1. The van der Waals surface area contributed by atoms with Gasteiger partial charge in [0.25, 0.3) is 5.69 Å². The van der Waals surface area contributed by atoms with Gasteiger partial charge in [-0.15, -0.1) is 0 Å². The van der Waals surface area contributed by atoms with Crippen molar-refractivity contribution >= 4 is 17.4 Å². The number of nitrogens with zero attached hydrogens (tertiary/aromatic N) is 1. The topological polar surface area (TPSA) is 95.7 Å². The highest BCUT2D eigenvalue weighted by atomic mass is 16.6. The van der Waals surface area contributed by atoms with Crippen LogP contribution in [0.1, 0.15) is 24.5 Å². The van der Waals surface area contributed by atoms with Gasteiger partial charge in [-0.3, -0.25) is 19.7 Å². The minimum atomic E-state index is -0.613. The largest absolute Gasteiger partial charge is 0.485 e. The maximum Gasteiger partial charge on any atom is 0.313 e. The van der Waals surface area contributed by atoms with Crippen molar-refractivity contribution in [1.29, 1.82) is 0 Å². The number of rotatable bonds is 7. The molecule has 1 aromatic rings. The van der Waals surface area contributed by atoms with Gasteiger partial charge in [-0.05, 0) is 32.4 Å². The number of benzene rings is 1. The zero-order chi connectivity index (χ0) is 16.0. The lowest BCUT2D eigenvalue weighted by atomic mass is 10.1. The molecule has 0 aromatic heterocycles. The number of Topliss-reactive ketones (excluding diaryl/α,β-unsaturated/α-hetero) is 1. The maximum atomic E-state index is 11.5. The summed E-state index contributed by atoms with van der Waals surface area (Å²) in [5.74, 6) is -0.807. The lowest BCUT2D eigenvalue weighted by Crippen LogP contribution is -2.17. The molecule has 0 fully saturated rings. The second-order valence-electron chi connectivity index (χ2n) is 4.47. The number of nitro groups is 1. The molecule has 0 amide bonds. The standard InChI is InChI=1S/C14H17NO6/c1-4-20-14(17)6-11(16)8-21-13-7-12(15(18)19)9(2)5-10(13)3/h5,7H,4,6,8H2,1-3H3. The van der Waals surface area contributed by atoms with Crippen LogP contribution in [-0.4, -0.2) is 29.9 Å². The van der Waals surface area contributed by atoms with Crippen LogP contribution in [0.15, 0.2) is 12.1 Å². The van der Waals surface area contributed by atoms with E-state index < -0.39 is 16.7 Å². The molecule has 0 heterocycles. The van der Waals surface area contributed by atoms with E-state index in [1.807, 2.05) is 0 Å². The van der Waals surface area contributed by atoms with E-state index in [9.17, 15) is 19.7 Å². The molecule has 0 aliphatic heterocycles. The fraction of sp³-hybridized carbons (Fsp3) is 0.429. The average Bonchev–Trinajstić information content (AvgIpc) is 2.37. The van der Waals surface area contributed by atoms with Crippen LogP contribution >= 0.6 is 0 Å². The Labute approximate surface area is 122 Å². The summed E-state index contributed by atoms with van der Waals surface area (Å²) in [6, 6.07) is 2.89. The number of carbonyl (C=O) groups excluding carboxylic acids is 2. The Morgan fingerprint density at radius 3 is 2.48 bits per heavy atom. The molecule has 0 unspecified atom stereocenters. The number of hydrogen-bond donors (Lipinski definition) is 0. The van der Waals surface area contributed by atoms with Crippen LogP contribution in [0.4, 0.5) is 5.69 Å². The summed E-state index contributed by atoms with van der Waals surface area (Å²) < 4.78 is 9.91. The first-order valence-electron chi connectivity index (χ1n) is 6.41. The first-order valence-corrected chi connectivity index (χ1v) is 6.41. The van der Waals surface area contributed by atoms with Gasteiger partial charge in [0.2, 0.25) is 0 Å². The molecule has 0 spiro atoms. The predicted molar refractivity (Wildman–Crippen MR) is 74.3 cm³/mol. The second kappa shape index (κ2) is 7.37. The fourth-order valence-corrected chi connectivity index (χ4v) is 1.76. The van der Waals surface area contributed by atoms with Crippen LogP contribution < -0.4 is 4.74 Å². The Bertz CT molecular complexity index is 567. The van der Waals surface area contributed by atoms with Crippen molar-refractivity contribution in [2.75, 3.05) is 13.2 Å². The lowest BCUT2D eigenvalue weighted by Gasteiger charge is -2.09. The Balaban J connectivity index is 2.71. The molecule has 0 aliphatic rings. The van der Waals surface area contributed by atoms with E-state index in [0.717, 1.165) is 0 Å². The number of hydrogen-bond acceptors (Lipinski definition) is 6. The SMILES string of the molecule is CCOC(=O)CC(=O)COc1cc([N+](=O)[O-])c(C)cc1C. The Morgan fingerprint density at radius 2 is 1.90 bits per heavy atom. The molecule has 0 radical (unpaired) electrons. The second-order valence-corrected chi connectivity index (χ2v) is 4.47. The highest BCUT2D eigenvalue weighted by molar-refractivity contribution is 5.96. The van der Waals surface area contributed by atoms with Crippen LogP contribution in [0.5, 0.6) is 5.75 Å². The number of aryl methyl sites for hydroxylation is 2. The van der Waals surface area contributed by atoms with Gasteiger partial charge >= 0.3 is 5.97 Å². The van der Waals surface area contributed by atoms with E-state index in [1.54, 1.807) is 26.8 Å². The van der Waals surface area contributed by atoms with Crippen LogP contribution in [0.25, 0.3) is 0 Å². The third kappa shape index (κ3) is 4.87. The molecule has 1 aromatic carbocycles. The smallest absolute Gasteiger partial charge is 0.313 e. The summed E-state index contributed by atoms with van der Waals surface area (Å²) in [5.41, 5.74) is 1.12. The predicted octanol–water partition coefficient (Wildman–Crippen LogP) is 2.11. The highest BCUT2D eigenvalue weighted by Crippen LogP contribution is 2.28. The summed E-state index contributed by atoms with van der Waals surface area (Å²) >= 11 is 0. The zero-order valence-electron chi connectivity index (χ0n) is 12.2. The summed E-state index contributed by atoms with van der Waals surface area (Å²) in [4.78, 5) is 33.0. The molecule has 0 atom stereocenters. The van der Waals surface area contributed by atoms with Gasteiger partial charge in [-0.25, -0.2) is 0 Å². The first kappa shape index (κ1) is 16.6. The number of ether oxygens (including phenoxy) is 2. The zero-order valence-corrected chi connectivity index (χ0v) is 12.2. The van der Waals surface area contributed by atoms with Crippen LogP contribution in [0.2, 0.25) is 0 Å². The minimum Gasteiger partial charge on any atom is -0.485 e. The summed E-state index contributed by atoms with van der Waals surface area (Å²) in [6.45, 7) is 4.87. The Kier molecular flexibility index (Phi) is 5.83. The molecular formula is C14H17NO6. The minimum absolute atomic E-state index is 0.0755. The third-order valence-electron chi connectivity index (χ3n) is 2.73. The van der Waals surface area contributed by atoms with Gasteiger partial charge in [0.1, 0.15) is 18.8 Å². The van der Waals surface area contributed by atoms with Crippen LogP contribution in [0.3, 0.4) is 0 Å². The van der Waals surface area contributed by atoms with Crippen LogP contribution in [-0.2, 0) is 14.3 Å². The normalized spacial score (nSPS) is 10.0. The van der Waals surface area contributed by atoms with Gasteiger partial charge < -0.3 is 9.47 Å². The van der Waals surface area contributed by atoms with Crippen molar-refractivity contribution in [3.05, 3.63) is 33.4 Å². The maximum absolute atomic E-state index is 11.5. The van der Waals surface area contributed by atoms with Crippen molar-refractivity contribution in [1.82, 2.24) is 0 Å². The number of nitro benzene ring substituents is 1. The molecule has 21 heavy (non-hydrogen) atoms. The van der Waals surface area contributed by atoms with Gasteiger partial charge in [-0.1, -0.05) is 0 Å². The number of ketones is 1. The molecule has 0 saturated carbocycles. The molecule has 0 saturated heterocycles. The number of carbonyl (C=O) groups is 2. The molecule has 7 heteroatoms. The van der Waals surface area contributed by atoms with E-state index in [1.165, 1.54) is 6.07 Å². The summed E-state index contributed by atoms with van der Waals surface area (Å²) in [5, 5.41) is 10.9. The van der Waals surface area contributed by atoms with Crippen molar-refractivity contribution < 1.29 is 24.0 Å². The van der Waals surface area contributed by atoms with Gasteiger partial charge in [0.05, 0.1) is 17.6 Å². The summed E-state index contributed by atoms with van der Waals surface area (Å²) in [6.07, 6.45) is -0.374. The molecule has 1 rings (SSSR count). The van der Waals surface area contributed by atoms with Crippen molar-refractivity contribution in [3.8, 4) is 5.75 Å². The van der Waals surface area contributed by atoms with E-state index in [0.29, 0.717) is 11.1 Å². The quantitative estimate of drug-likeness (QED) is 0.331. The van der Waals surface area contributed by atoms with Crippen LogP contribution in [0, 0.1) is 24.0 Å². The van der Waals surface area contributed by atoms with Gasteiger partial charge in [0.15, 0.2) is 5.78 Å². The third-order valence-corrected chi connectivity index (χ3v) is 2.73. The highest BCUT2D eigenvalue weighted by Gasteiger charge is 2.16. The molecule has 0 bridgehead atoms. The molecule has 114 valence electrons. The average molecular weight is 295 g/mol. The molecule has 7 nitrogen and oxygen atoms in total. The first-order chi connectivity index (χ1) is 9.85. The van der Waals surface area contributed by atoms with E-state index in [4.69, 9.17) is 4.74 Å². The van der Waals surface area contributed by atoms with Crippen molar-refractivity contribution in [2.45, 2.75) is 27.2 Å². The van der Waals surface area contributed by atoms with Gasteiger partial charge in [0, 0.05) is 5.56 Å². The molecule has 0 N–H and O–H groups in total. The van der Waals surface area contributed by atoms with Crippen molar-refractivity contribution in [3.63, 3.8) is 0 Å². The lowest BCUT2D eigenvalue weighted by molar-refractivity contribution is -0.385. The van der Waals surface area contributed by atoms with Crippen molar-refractivity contribution in [2.24, 2.45) is 0 Å². The van der Waals surface area contributed by atoms with E-state index >= 15 is 0 Å². The molecule has 0 aliphatic carbocycles.